The van der Waals surface area contributed by atoms with E-state index in [4.69, 9.17) is 5.73 Å². The lowest BCUT2D eigenvalue weighted by Crippen LogP contribution is -2.46. The van der Waals surface area contributed by atoms with Crippen molar-refractivity contribution in [3.63, 3.8) is 0 Å². The Bertz CT molecular complexity index is 1040. The summed E-state index contributed by atoms with van der Waals surface area (Å²) in [5.74, 6) is -2.30. The Hall–Kier alpha value is -3.36. The van der Waals surface area contributed by atoms with Crippen molar-refractivity contribution < 1.29 is 14.4 Å². The number of aromatic nitrogens is 1. The van der Waals surface area contributed by atoms with Gasteiger partial charge in [0.1, 0.15) is 0 Å². The number of carbonyl (C=O) groups is 3. The molecule has 1 atom stereocenters. The predicted molar refractivity (Wildman–Crippen MR) is 137 cm³/mol. The molecule has 1 aliphatic heterocycles. The summed E-state index contributed by atoms with van der Waals surface area (Å²) in [7, 11) is 2.15. The van der Waals surface area contributed by atoms with Crippen LogP contribution in [0.15, 0.2) is 42.6 Å². The summed E-state index contributed by atoms with van der Waals surface area (Å²) < 4.78 is 0. The van der Waals surface area contributed by atoms with E-state index in [0.29, 0.717) is 24.1 Å². The third kappa shape index (κ3) is 7.83. The van der Waals surface area contributed by atoms with Gasteiger partial charge in [0.2, 0.25) is 5.78 Å². The zero-order valence-electron chi connectivity index (χ0n) is 20.6. The molecule has 35 heavy (non-hydrogen) atoms. The van der Waals surface area contributed by atoms with E-state index in [1.807, 2.05) is 13.0 Å². The molecule has 0 radical (unpaired) electrons. The van der Waals surface area contributed by atoms with Crippen molar-refractivity contribution in [2.75, 3.05) is 33.2 Å². The molecule has 186 valence electrons. The molecule has 0 spiro atoms. The van der Waals surface area contributed by atoms with Gasteiger partial charge in [0.05, 0.1) is 17.3 Å². The lowest BCUT2D eigenvalue weighted by molar-refractivity contribution is -0.137. The van der Waals surface area contributed by atoms with Crippen LogP contribution in [0.5, 0.6) is 0 Å². The summed E-state index contributed by atoms with van der Waals surface area (Å²) in [6.45, 7) is 7.25. The number of unbranched alkanes of at least 4 members (excludes halogenated alkanes) is 1. The van der Waals surface area contributed by atoms with Gasteiger partial charge in [-0.1, -0.05) is 50.1 Å². The van der Waals surface area contributed by atoms with Gasteiger partial charge in [0.15, 0.2) is 0 Å². The second kappa shape index (κ2) is 12.9. The number of hydrogen-bond acceptors (Lipinski definition) is 6. The van der Waals surface area contributed by atoms with Crippen molar-refractivity contribution in [2.24, 2.45) is 5.73 Å². The number of nitrogens with one attached hydrogen (secondary N) is 1. The summed E-state index contributed by atoms with van der Waals surface area (Å²) in [5, 5.41) is 2.67. The summed E-state index contributed by atoms with van der Waals surface area (Å²) in [5.41, 5.74) is 8.23. The van der Waals surface area contributed by atoms with Crippen molar-refractivity contribution in [3.05, 3.63) is 65.0 Å². The van der Waals surface area contributed by atoms with Gasteiger partial charge in [-0.2, -0.15) is 0 Å². The summed E-state index contributed by atoms with van der Waals surface area (Å²) in [6, 6.07) is 10.7. The number of pyridine rings is 1. The maximum Gasteiger partial charge on any atom is 0.287 e. The second-order valence-corrected chi connectivity index (χ2v) is 8.99. The monoisotopic (exact) mass is 477 g/mol. The number of piperazine rings is 1. The topological polar surface area (TPSA) is 109 Å². The minimum Gasteiger partial charge on any atom is -0.363 e. The van der Waals surface area contributed by atoms with E-state index in [-0.39, 0.29) is 0 Å². The van der Waals surface area contributed by atoms with Gasteiger partial charge in [-0.15, -0.1) is 0 Å². The highest BCUT2D eigenvalue weighted by Gasteiger charge is 2.25. The first-order valence-electron chi connectivity index (χ1n) is 12.1. The number of nitrogens with two attached hydrogens (primary N) is 1. The highest BCUT2D eigenvalue weighted by Crippen LogP contribution is 2.14. The van der Waals surface area contributed by atoms with Gasteiger partial charge >= 0.3 is 0 Å². The Balaban J connectivity index is 1.67. The van der Waals surface area contributed by atoms with Crippen LogP contribution >= 0.6 is 0 Å². The lowest BCUT2D eigenvalue weighted by Gasteiger charge is -2.32. The van der Waals surface area contributed by atoms with Crippen molar-refractivity contribution in [2.45, 2.75) is 38.8 Å². The molecule has 0 bridgehead atoms. The lowest BCUT2D eigenvalue weighted by atomic mass is 10.0. The molecule has 1 aromatic carbocycles. The van der Waals surface area contributed by atoms with Crippen molar-refractivity contribution in [1.82, 2.24) is 20.1 Å². The summed E-state index contributed by atoms with van der Waals surface area (Å²) in [6.07, 6.45) is 7.17. The molecule has 8 nitrogen and oxygen atoms in total. The van der Waals surface area contributed by atoms with Crippen LogP contribution in [-0.2, 0) is 16.1 Å². The number of hydrogen-bond donors (Lipinski definition) is 2. The zero-order chi connectivity index (χ0) is 25.2. The molecule has 1 saturated heterocycles. The smallest absolute Gasteiger partial charge is 0.287 e. The Morgan fingerprint density at radius 1 is 1.09 bits per heavy atom. The number of nitrogens with zero attached hydrogens (tertiary/aromatic N) is 3. The zero-order valence-corrected chi connectivity index (χ0v) is 20.6. The first-order valence-corrected chi connectivity index (χ1v) is 12.1. The number of ketones is 1. The SMILES string of the molecule is CCCCC(NC(=O)c1cccnc1C=Cc1ccc(CN2CCN(C)CC2)cc1)C(=O)C(N)=O. The third-order valence-electron chi connectivity index (χ3n) is 6.21. The molecule has 1 aromatic heterocycles. The van der Waals surface area contributed by atoms with Gasteiger partial charge in [-0.3, -0.25) is 24.3 Å². The Kier molecular flexibility index (Phi) is 9.69. The number of benzene rings is 1. The first kappa shape index (κ1) is 26.2. The van der Waals surface area contributed by atoms with Crippen LogP contribution < -0.4 is 11.1 Å². The minimum atomic E-state index is -1.05. The molecular formula is C27H35N5O3. The quantitative estimate of drug-likeness (QED) is 0.481. The number of primary amides is 1. The molecule has 1 unspecified atom stereocenters. The molecule has 0 saturated carbocycles. The number of amides is 2. The van der Waals surface area contributed by atoms with E-state index in [2.05, 4.69) is 51.4 Å². The van der Waals surface area contributed by atoms with E-state index in [1.54, 1.807) is 24.4 Å². The fourth-order valence-corrected chi connectivity index (χ4v) is 4.00. The van der Waals surface area contributed by atoms with Crippen molar-refractivity contribution in [3.8, 4) is 0 Å². The molecule has 2 aromatic rings. The van der Waals surface area contributed by atoms with Crippen LogP contribution in [0.2, 0.25) is 0 Å². The van der Waals surface area contributed by atoms with Crippen LogP contribution in [0.1, 0.15) is 53.4 Å². The molecule has 1 aliphatic rings. The highest BCUT2D eigenvalue weighted by atomic mass is 16.2. The number of likely N-dealkylation sites (N-methyl/N-ethyl adjacent to an activating group) is 1. The van der Waals surface area contributed by atoms with Crippen molar-refractivity contribution >= 4 is 29.7 Å². The van der Waals surface area contributed by atoms with E-state index in [1.165, 1.54) is 5.56 Å². The number of rotatable bonds is 11. The Labute approximate surface area is 207 Å². The van der Waals surface area contributed by atoms with Crippen LogP contribution in [0.3, 0.4) is 0 Å². The first-order chi connectivity index (χ1) is 16.9. The van der Waals surface area contributed by atoms with Crippen LogP contribution in [-0.4, -0.2) is 71.6 Å². The average molecular weight is 478 g/mol. The maximum absolute atomic E-state index is 12.9. The van der Waals surface area contributed by atoms with E-state index in [0.717, 1.165) is 44.7 Å². The molecule has 3 N–H and O–H groups in total. The summed E-state index contributed by atoms with van der Waals surface area (Å²) >= 11 is 0. The molecule has 3 rings (SSSR count). The van der Waals surface area contributed by atoms with Gasteiger partial charge in [-0.05, 0) is 42.8 Å². The van der Waals surface area contributed by atoms with Crippen LogP contribution in [0, 0.1) is 0 Å². The molecule has 0 aliphatic carbocycles. The predicted octanol–water partition coefficient (Wildman–Crippen LogP) is 2.34. The molecule has 8 heteroatoms. The molecule has 2 amide bonds. The largest absolute Gasteiger partial charge is 0.363 e. The van der Waals surface area contributed by atoms with E-state index >= 15 is 0 Å². The second-order valence-electron chi connectivity index (χ2n) is 8.99. The van der Waals surface area contributed by atoms with Crippen LogP contribution in [0.25, 0.3) is 12.2 Å². The minimum absolute atomic E-state index is 0.328. The van der Waals surface area contributed by atoms with Gasteiger partial charge in [0, 0.05) is 38.9 Å². The normalized spacial score (nSPS) is 15.7. The number of carbonyl (C=O) groups excluding carboxylic acids is 3. The highest BCUT2D eigenvalue weighted by molar-refractivity contribution is 6.38. The van der Waals surface area contributed by atoms with E-state index in [9.17, 15) is 14.4 Å². The van der Waals surface area contributed by atoms with E-state index < -0.39 is 23.6 Å². The average Bonchev–Trinajstić information content (AvgIpc) is 2.87. The Morgan fingerprint density at radius 3 is 2.46 bits per heavy atom. The Morgan fingerprint density at radius 2 is 1.80 bits per heavy atom. The molecular weight excluding hydrogens is 442 g/mol. The van der Waals surface area contributed by atoms with Gasteiger partial charge in [-0.25, -0.2) is 0 Å². The fourth-order valence-electron chi connectivity index (χ4n) is 4.00. The van der Waals surface area contributed by atoms with Crippen LogP contribution in [0.4, 0.5) is 0 Å². The fraction of sp³-hybridized carbons (Fsp3) is 0.407. The molecule has 2 heterocycles. The molecule has 1 fully saturated rings. The van der Waals surface area contributed by atoms with Gasteiger partial charge in [0.25, 0.3) is 11.8 Å². The van der Waals surface area contributed by atoms with Gasteiger partial charge < -0.3 is 16.0 Å². The standard InChI is InChI=1S/C27H35N5O3/c1-3-4-7-24(25(33)26(28)34)30-27(35)22-6-5-14-29-23(22)13-12-20-8-10-21(11-9-20)19-32-17-15-31(2)16-18-32/h5-6,8-14,24H,3-4,7,15-19H2,1-2H3,(H2,28,34)(H,30,35). The number of Topliss-reactive ketones (excluding diaryl/α,β-unsaturated/α-hetero) is 1. The summed E-state index contributed by atoms with van der Waals surface area (Å²) in [4.78, 5) is 45.6. The maximum atomic E-state index is 12.9. The van der Waals surface area contributed by atoms with Crippen molar-refractivity contribution in [1.29, 1.82) is 0 Å². The third-order valence-corrected chi connectivity index (χ3v) is 6.21.